The van der Waals surface area contributed by atoms with Crippen LogP contribution in [0.4, 0.5) is 0 Å². The number of hydrogen-bond acceptors (Lipinski definition) is 3. The number of fused-ring (bicyclic) bond motifs is 4. The van der Waals surface area contributed by atoms with Gasteiger partial charge in [0.1, 0.15) is 11.2 Å². The molecule has 5 heteroatoms. The van der Waals surface area contributed by atoms with E-state index in [9.17, 15) is 4.79 Å². The summed E-state index contributed by atoms with van der Waals surface area (Å²) in [6, 6.07) is 2.06. The zero-order chi connectivity index (χ0) is 16.7. The van der Waals surface area contributed by atoms with Crippen LogP contribution in [0, 0.1) is 0 Å². The number of nitrogens with one attached hydrogen (secondary N) is 1. The fraction of sp³-hybridized carbons (Fsp3) is 0.579. The number of rotatable bonds is 2. The second-order valence-electron chi connectivity index (χ2n) is 7.10. The van der Waals surface area contributed by atoms with Gasteiger partial charge < -0.3 is 9.88 Å². The normalized spacial score (nSPS) is 22.2. The Balaban J connectivity index is 1.99. The van der Waals surface area contributed by atoms with Crippen LogP contribution in [0.5, 0.6) is 0 Å². The smallest absolute Gasteiger partial charge is 0.268 e. The summed E-state index contributed by atoms with van der Waals surface area (Å²) in [5, 5.41) is 5.39. The number of carbonyl (C=O) groups is 1. The molecule has 4 nitrogen and oxygen atoms in total. The minimum absolute atomic E-state index is 0.0205. The van der Waals surface area contributed by atoms with Crippen molar-refractivity contribution in [3.63, 3.8) is 0 Å². The van der Waals surface area contributed by atoms with Crippen molar-refractivity contribution in [2.75, 3.05) is 12.8 Å². The summed E-state index contributed by atoms with van der Waals surface area (Å²) in [6.45, 7) is 2.94. The minimum Gasteiger partial charge on any atom is -0.348 e. The molecule has 0 unspecified atom stereocenters. The lowest BCUT2D eigenvalue weighted by molar-refractivity contribution is 0.0819. The molecule has 0 saturated heterocycles. The molecule has 128 valence electrons. The highest BCUT2D eigenvalue weighted by molar-refractivity contribution is 8.02. The van der Waals surface area contributed by atoms with E-state index < -0.39 is 0 Å². The second kappa shape index (κ2) is 6.10. The van der Waals surface area contributed by atoms with Crippen molar-refractivity contribution in [2.24, 2.45) is 4.99 Å². The van der Waals surface area contributed by atoms with Crippen LogP contribution in [0.3, 0.4) is 0 Å². The number of allylic oxidation sites excluding steroid dienone is 1. The van der Waals surface area contributed by atoms with Gasteiger partial charge in [0.15, 0.2) is 0 Å². The first-order valence-corrected chi connectivity index (χ1v) is 10.3. The molecule has 0 bridgehead atoms. The zero-order valence-electron chi connectivity index (χ0n) is 14.5. The molecule has 4 rings (SSSR count). The molecule has 1 spiro atoms. The SMILES string of the molecule is CCC1=C(SC)N=c2c(cc3n2C2(CCCCC2)CNC3=O)=CC1. The highest BCUT2D eigenvalue weighted by Gasteiger charge is 2.41. The first kappa shape index (κ1) is 16.0. The first-order chi connectivity index (χ1) is 11.7. The number of aromatic nitrogens is 1. The van der Waals surface area contributed by atoms with Crippen molar-refractivity contribution in [3.05, 3.63) is 33.1 Å². The van der Waals surface area contributed by atoms with Crippen molar-refractivity contribution in [2.45, 2.75) is 57.4 Å². The summed E-state index contributed by atoms with van der Waals surface area (Å²) < 4.78 is 2.30. The number of hydrogen-bond donors (Lipinski definition) is 1. The van der Waals surface area contributed by atoms with Crippen molar-refractivity contribution in [1.29, 1.82) is 0 Å². The monoisotopic (exact) mass is 343 g/mol. The Kier molecular flexibility index (Phi) is 4.07. The lowest BCUT2D eigenvalue weighted by Gasteiger charge is -2.42. The van der Waals surface area contributed by atoms with Crippen LogP contribution in [0.25, 0.3) is 6.08 Å². The lowest BCUT2D eigenvalue weighted by atomic mass is 9.80. The molecule has 1 aromatic rings. The van der Waals surface area contributed by atoms with E-state index in [1.54, 1.807) is 11.8 Å². The standard InChI is InChI=1S/C19H25N3OS/c1-3-13-7-8-14-11-15-17(23)20-12-19(9-5-4-6-10-19)22(15)16(14)21-18(13)24-2/h8,11H,3-7,9-10,12H2,1-2H3,(H,20,23). The Morgan fingerprint density at radius 1 is 1.33 bits per heavy atom. The number of amides is 1. The number of nitrogens with zero attached hydrogens (tertiary/aromatic N) is 2. The summed E-state index contributed by atoms with van der Waals surface area (Å²) in [5.74, 6) is 0.0493. The number of carbonyl (C=O) groups excluding carboxylic acids is 1. The van der Waals surface area contributed by atoms with E-state index >= 15 is 0 Å². The van der Waals surface area contributed by atoms with Gasteiger partial charge in [-0.1, -0.05) is 32.3 Å². The molecule has 0 atom stereocenters. The van der Waals surface area contributed by atoms with Crippen molar-refractivity contribution in [1.82, 2.24) is 9.88 Å². The molecule has 1 N–H and O–H groups in total. The van der Waals surface area contributed by atoms with Gasteiger partial charge in [-0.25, -0.2) is 4.99 Å². The first-order valence-electron chi connectivity index (χ1n) is 9.04. The molecule has 1 aliphatic carbocycles. The summed E-state index contributed by atoms with van der Waals surface area (Å²) in [7, 11) is 0. The third-order valence-corrected chi connectivity index (χ3v) is 6.54. The van der Waals surface area contributed by atoms with Crippen molar-refractivity contribution in [3.8, 4) is 0 Å². The Bertz CT molecular complexity index is 828. The maximum Gasteiger partial charge on any atom is 0.268 e. The molecular weight excluding hydrogens is 318 g/mol. The van der Waals surface area contributed by atoms with Crippen molar-refractivity contribution >= 4 is 23.7 Å². The largest absolute Gasteiger partial charge is 0.348 e. The summed E-state index contributed by atoms with van der Waals surface area (Å²) in [4.78, 5) is 17.5. The zero-order valence-corrected chi connectivity index (χ0v) is 15.3. The molecule has 24 heavy (non-hydrogen) atoms. The summed E-state index contributed by atoms with van der Waals surface area (Å²) in [6.07, 6.45) is 12.4. The Hall–Kier alpha value is -1.49. The van der Waals surface area contributed by atoms with Gasteiger partial charge in [0.25, 0.3) is 5.91 Å². The molecule has 0 radical (unpaired) electrons. The van der Waals surface area contributed by atoms with Crippen LogP contribution in [0.2, 0.25) is 0 Å². The summed E-state index contributed by atoms with van der Waals surface area (Å²) in [5.41, 5.74) is 3.22. The average molecular weight is 343 g/mol. The lowest BCUT2D eigenvalue weighted by Crippen LogP contribution is -2.56. The predicted octanol–water partition coefficient (Wildman–Crippen LogP) is 2.68. The Morgan fingerprint density at radius 2 is 2.12 bits per heavy atom. The van der Waals surface area contributed by atoms with Gasteiger partial charge in [0.05, 0.1) is 10.6 Å². The molecule has 3 heterocycles. The van der Waals surface area contributed by atoms with Gasteiger partial charge in [0.2, 0.25) is 0 Å². The van der Waals surface area contributed by atoms with E-state index in [0.29, 0.717) is 0 Å². The van der Waals surface area contributed by atoms with Gasteiger partial charge in [0, 0.05) is 11.8 Å². The van der Waals surface area contributed by atoms with Gasteiger partial charge >= 0.3 is 0 Å². The minimum atomic E-state index is 0.0205. The van der Waals surface area contributed by atoms with Crippen LogP contribution in [0.1, 0.15) is 62.4 Å². The molecular formula is C19H25N3OS. The molecule has 2 aliphatic heterocycles. The van der Waals surface area contributed by atoms with Gasteiger partial charge in [-0.3, -0.25) is 4.79 Å². The third kappa shape index (κ3) is 2.36. The van der Waals surface area contributed by atoms with Crippen LogP contribution in [-0.2, 0) is 5.54 Å². The van der Waals surface area contributed by atoms with Crippen LogP contribution >= 0.6 is 11.8 Å². The molecule has 1 saturated carbocycles. The fourth-order valence-corrected chi connectivity index (χ4v) is 5.13. The van der Waals surface area contributed by atoms with E-state index in [-0.39, 0.29) is 11.4 Å². The fourth-order valence-electron chi connectivity index (χ4n) is 4.44. The van der Waals surface area contributed by atoms with Crippen LogP contribution < -0.4 is 16.0 Å². The van der Waals surface area contributed by atoms with Gasteiger partial charge in [-0.15, -0.1) is 11.8 Å². The van der Waals surface area contributed by atoms with E-state index in [0.717, 1.165) is 53.7 Å². The van der Waals surface area contributed by atoms with Crippen LogP contribution in [-0.4, -0.2) is 23.3 Å². The van der Waals surface area contributed by atoms with Gasteiger partial charge in [-0.2, -0.15) is 0 Å². The van der Waals surface area contributed by atoms with E-state index in [1.165, 1.54) is 24.8 Å². The van der Waals surface area contributed by atoms with Crippen LogP contribution in [0.15, 0.2) is 21.7 Å². The quantitative estimate of drug-likeness (QED) is 0.897. The molecule has 1 aromatic heterocycles. The van der Waals surface area contributed by atoms with Gasteiger partial charge in [-0.05, 0) is 43.6 Å². The maximum absolute atomic E-state index is 12.5. The summed E-state index contributed by atoms with van der Waals surface area (Å²) >= 11 is 1.72. The highest BCUT2D eigenvalue weighted by Crippen LogP contribution is 2.36. The van der Waals surface area contributed by atoms with E-state index in [4.69, 9.17) is 4.99 Å². The number of thioether (sulfide) groups is 1. The Morgan fingerprint density at radius 3 is 2.83 bits per heavy atom. The highest BCUT2D eigenvalue weighted by atomic mass is 32.2. The predicted molar refractivity (Wildman–Crippen MR) is 98.5 cm³/mol. The third-order valence-electron chi connectivity index (χ3n) is 5.77. The topological polar surface area (TPSA) is 46.4 Å². The Labute approximate surface area is 147 Å². The molecule has 1 amide bonds. The van der Waals surface area contributed by atoms with E-state index in [1.807, 2.05) is 0 Å². The maximum atomic E-state index is 12.5. The second-order valence-corrected chi connectivity index (χ2v) is 7.89. The molecule has 3 aliphatic rings. The van der Waals surface area contributed by atoms with E-state index in [2.05, 4.69) is 35.2 Å². The molecule has 1 fully saturated rings. The van der Waals surface area contributed by atoms with Crippen molar-refractivity contribution < 1.29 is 4.79 Å². The average Bonchev–Trinajstić information content (AvgIpc) is 2.89. The molecule has 0 aromatic carbocycles.